The molecule has 1 N–H and O–H groups in total. The number of halogens is 4. The summed E-state index contributed by atoms with van der Waals surface area (Å²) in [6.45, 7) is 3.59. The van der Waals surface area contributed by atoms with Crippen molar-refractivity contribution in [2.75, 3.05) is 31.5 Å². The van der Waals surface area contributed by atoms with E-state index in [2.05, 4.69) is 16.3 Å². The van der Waals surface area contributed by atoms with Gasteiger partial charge in [-0.05, 0) is 106 Å². The molecule has 198 valence electrons. The molecule has 1 aliphatic carbocycles. The highest BCUT2D eigenvalue weighted by molar-refractivity contribution is 6.31. The van der Waals surface area contributed by atoms with Crippen molar-refractivity contribution >= 4 is 23.3 Å². The maximum absolute atomic E-state index is 13.4. The zero-order valence-electron chi connectivity index (χ0n) is 20.7. The van der Waals surface area contributed by atoms with E-state index in [1.807, 2.05) is 18.2 Å². The van der Waals surface area contributed by atoms with Crippen molar-refractivity contribution in [1.29, 1.82) is 5.26 Å². The summed E-state index contributed by atoms with van der Waals surface area (Å²) in [5.41, 5.74) is 0.896. The fourth-order valence-corrected chi connectivity index (χ4v) is 5.74. The number of urea groups is 1. The highest BCUT2D eigenvalue weighted by atomic mass is 35.5. The van der Waals surface area contributed by atoms with Crippen molar-refractivity contribution in [3.8, 4) is 6.07 Å². The van der Waals surface area contributed by atoms with Gasteiger partial charge in [0.2, 0.25) is 0 Å². The number of alkyl halides is 3. The number of hydrogen-bond donors (Lipinski definition) is 1. The molecule has 9 heteroatoms. The normalized spacial score (nSPS) is 20.4. The van der Waals surface area contributed by atoms with Gasteiger partial charge in [0.15, 0.2) is 0 Å². The Labute approximate surface area is 221 Å². The molecule has 0 radical (unpaired) electrons. The molecule has 2 aromatic rings. The lowest BCUT2D eigenvalue weighted by Gasteiger charge is -2.37. The summed E-state index contributed by atoms with van der Waals surface area (Å²) in [6, 6.07) is 12.9. The molecule has 5 nitrogen and oxygen atoms in total. The summed E-state index contributed by atoms with van der Waals surface area (Å²) in [5, 5.41) is 11.5. The number of carbonyl (C=O) groups excluding carboxylic acids is 1. The Morgan fingerprint density at radius 1 is 1.11 bits per heavy atom. The summed E-state index contributed by atoms with van der Waals surface area (Å²) in [5.74, 6) is 0.324. The number of nitrogens with one attached hydrogen (secondary N) is 1. The summed E-state index contributed by atoms with van der Waals surface area (Å²) in [7, 11) is 0. The van der Waals surface area contributed by atoms with Crippen molar-refractivity contribution in [2.24, 2.45) is 0 Å². The molecule has 2 aliphatic rings. The lowest BCUT2D eigenvalue weighted by molar-refractivity contribution is -0.137. The summed E-state index contributed by atoms with van der Waals surface area (Å²) in [6.07, 6.45) is 1.96. The number of carbonyl (C=O) groups is 1. The third-order valence-electron chi connectivity index (χ3n) is 7.48. The van der Waals surface area contributed by atoms with Crippen LogP contribution in [0.15, 0.2) is 42.5 Å². The first-order valence-corrected chi connectivity index (χ1v) is 13.3. The number of anilines is 1. The highest BCUT2D eigenvalue weighted by Crippen LogP contribution is 2.37. The number of likely N-dealkylation sites (tertiary alicyclic amines) is 1. The molecule has 0 unspecified atom stereocenters. The molecule has 0 aromatic heterocycles. The molecular weight excluding hydrogens is 501 g/mol. The van der Waals surface area contributed by atoms with E-state index in [1.54, 1.807) is 11.0 Å². The van der Waals surface area contributed by atoms with Gasteiger partial charge >= 0.3 is 12.2 Å². The van der Waals surface area contributed by atoms with Crippen molar-refractivity contribution < 1.29 is 18.0 Å². The first-order chi connectivity index (χ1) is 17.7. The van der Waals surface area contributed by atoms with Crippen LogP contribution in [0.2, 0.25) is 5.02 Å². The molecule has 1 saturated carbocycles. The zero-order chi connectivity index (χ0) is 26.4. The van der Waals surface area contributed by atoms with Crippen molar-refractivity contribution in [3.63, 3.8) is 0 Å². The minimum atomic E-state index is -4.60. The van der Waals surface area contributed by atoms with Gasteiger partial charge in [-0.3, -0.25) is 0 Å². The van der Waals surface area contributed by atoms with Gasteiger partial charge in [0, 0.05) is 18.3 Å². The van der Waals surface area contributed by atoms with Crippen molar-refractivity contribution in [1.82, 2.24) is 9.80 Å². The molecule has 2 aromatic carbocycles. The maximum Gasteiger partial charge on any atom is 0.417 e. The summed E-state index contributed by atoms with van der Waals surface area (Å²) >= 11 is 5.75. The van der Waals surface area contributed by atoms with E-state index < -0.39 is 16.8 Å². The maximum atomic E-state index is 13.4. The molecule has 2 fully saturated rings. The molecule has 0 spiro atoms. The number of amides is 2. The van der Waals surface area contributed by atoms with Crippen molar-refractivity contribution in [3.05, 3.63) is 64.2 Å². The van der Waals surface area contributed by atoms with Crippen LogP contribution >= 0.6 is 11.6 Å². The topological polar surface area (TPSA) is 59.4 Å². The number of benzene rings is 2. The molecule has 1 aliphatic heterocycles. The fraction of sp³-hybridized carbons (Fsp3) is 0.500. The Bertz CT molecular complexity index is 1120. The highest BCUT2D eigenvalue weighted by Gasteiger charge is 2.34. The molecule has 0 atom stereocenters. The van der Waals surface area contributed by atoms with Crippen LogP contribution < -0.4 is 5.32 Å². The zero-order valence-corrected chi connectivity index (χ0v) is 21.5. The number of nitriles is 1. The summed E-state index contributed by atoms with van der Waals surface area (Å²) in [4.78, 5) is 17.6. The van der Waals surface area contributed by atoms with Crippen LogP contribution in [0.25, 0.3) is 0 Å². The van der Waals surface area contributed by atoms with E-state index in [4.69, 9.17) is 11.6 Å². The third-order valence-corrected chi connectivity index (χ3v) is 7.81. The third kappa shape index (κ3) is 7.18. The predicted octanol–water partition coefficient (Wildman–Crippen LogP) is 7.28. The second-order valence-electron chi connectivity index (χ2n) is 9.96. The fourth-order valence-electron chi connectivity index (χ4n) is 5.52. The van der Waals surface area contributed by atoms with Gasteiger partial charge in [0.1, 0.15) is 0 Å². The molecule has 2 amide bonds. The SMILES string of the molecule is N#Cc1cccc([C@H]2CC[C@H](N(CCCN3CCCC3)C(=O)Nc3ccc(Cl)c(C(F)(F)F)c3)CC2)c1. The standard InChI is InChI=1S/C28H32ClF3N4O/c29-26-12-9-23(18-25(26)28(30,31)32)34-27(37)36(16-4-15-35-13-1-2-14-35)24-10-7-21(8-11-24)22-6-3-5-20(17-22)19-33/h3,5-6,9,12,17-18,21,24H,1-2,4,7-8,10-11,13-16H2,(H,34,37)/t21-,24-. The number of hydrogen-bond acceptors (Lipinski definition) is 3. The number of rotatable bonds is 7. The van der Waals surface area contributed by atoms with Crippen LogP contribution in [0.3, 0.4) is 0 Å². The number of nitrogens with zero attached hydrogens (tertiary/aromatic N) is 3. The largest absolute Gasteiger partial charge is 0.417 e. The Morgan fingerprint density at radius 2 is 1.84 bits per heavy atom. The van der Waals surface area contributed by atoms with E-state index in [-0.39, 0.29) is 17.8 Å². The lowest BCUT2D eigenvalue weighted by atomic mass is 9.81. The van der Waals surface area contributed by atoms with Gasteiger partial charge in [-0.25, -0.2) is 4.79 Å². The Morgan fingerprint density at radius 3 is 2.51 bits per heavy atom. The minimum Gasteiger partial charge on any atom is -0.322 e. The Balaban J connectivity index is 1.44. The van der Waals surface area contributed by atoms with Gasteiger partial charge in [-0.1, -0.05) is 23.7 Å². The average molecular weight is 533 g/mol. The van der Waals surface area contributed by atoms with E-state index in [0.29, 0.717) is 18.0 Å². The van der Waals surface area contributed by atoms with Crippen LogP contribution in [-0.4, -0.2) is 48.1 Å². The van der Waals surface area contributed by atoms with E-state index in [1.165, 1.54) is 18.9 Å². The molecule has 37 heavy (non-hydrogen) atoms. The monoisotopic (exact) mass is 532 g/mol. The van der Waals surface area contributed by atoms with Crippen LogP contribution in [0.4, 0.5) is 23.7 Å². The average Bonchev–Trinajstić information content (AvgIpc) is 3.41. The molecule has 1 heterocycles. The minimum absolute atomic E-state index is 0.00312. The van der Waals surface area contributed by atoms with Crippen molar-refractivity contribution in [2.45, 2.75) is 63.1 Å². The quantitative estimate of drug-likeness (QED) is 0.407. The van der Waals surface area contributed by atoms with Gasteiger partial charge in [0.05, 0.1) is 22.2 Å². The molecular formula is C28H32ClF3N4O. The van der Waals surface area contributed by atoms with Gasteiger partial charge in [-0.2, -0.15) is 18.4 Å². The van der Waals surface area contributed by atoms with Crippen LogP contribution in [0.5, 0.6) is 0 Å². The molecule has 1 saturated heterocycles. The van der Waals surface area contributed by atoms with E-state index >= 15 is 0 Å². The first-order valence-electron chi connectivity index (χ1n) is 12.9. The predicted molar refractivity (Wildman–Crippen MR) is 139 cm³/mol. The molecule has 0 bridgehead atoms. The van der Waals surface area contributed by atoms with E-state index in [9.17, 15) is 23.2 Å². The first kappa shape index (κ1) is 27.3. The molecule has 4 rings (SSSR count). The smallest absolute Gasteiger partial charge is 0.322 e. The second kappa shape index (κ2) is 12.2. The summed E-state index contributed by atoms with van der Waals surface area (Å²) < 4.78 is 40.0. The van der Waals surface area contributed by atoms with E-state index in [0.717, 1.165) is 69.4 Å². The Hall–Kier alpha value is -2.76. The van der Waals surface area contributed by atoms with Crippen LogP contribution in [-0.2, 0) is 6.18 Å². The van der Waals surface area contributed by atoms with Crippen LogP contribution in [0.1, 0.15) is 67.6 Å². The van der Waals surface area contributed by atoms with Gasteiger partial charge in [-0.15, -0.1) is 0 Å². The van der Waals surface area contributed by atoms with Gasteiger partial charge in [0.25, 0.3) is 0 Å². The lowest BCUT2D eigenvalue weighted by Crippen LogP contribution is -2.45. The Kier molecular flexibility index (Phi) is 8.99. The van der Waals surface area contributed by atoms with Gasteiger partial charge < -0.3 is 15.1 Å². The van der Waals surface area contributed by atoms with Crippen LogP contribution in [0, 0.1) is 11.3 Å². The second-order valence-corrected chi connectivity index (χ2v) is 10.4.